The number of nitriles is 1. The van der Waals surface area contributed by atoms with Crippen molar-refractivity contribution in [1.29, 1.82) is 5.26 Å². The summed E-state index contributed by atoms with van der Waals surface area (Å²) in [6, 6.07) is 5.40. The summed E-state index contributed by atoms with van der Waals surface area (Å²) in [6.07, 6.45) is 8.88. The number of piperidine rings is 1. The molecule has 0 saturated carbocycles. The minimum atomic E-state index is -0.569. The van der Waals surface area contributed by atoms with E-state index >= 15 is 0 Å². The van der Waals surface area contributed by atoms with E-state index in [1.165, 1.54) is 6.20 Å². The van der Waals surface area contributed by atoms with Crippen molar-refractivity contribution in [3.8, 4) is 11.9 Å². The molecule has 2 aliphatic rings. The first-order valence-corrected chi connectivity index (χ1v) is 14.1. The summed E-state index contributed by atoms with van der Waals surface area (Å²) in [5, 5.41) is 12.2. The SMILES string of the molecule is CC(C)(C)OC(=O)N1CCC(Oc2cc(NC(=O)Cc3ccc(C4=CCN(C#N)CC4)nc3)ncc2Cl)CC1(C)C. The van der Waals surface area contributed by atoms with Crippen LogP contribution in [0.25, 0.3) is 5.57 Å². The standard InChI is InChI=1S/C30H37ClN6O4/c1-29(2,3)41-28(39)37-13-10-22(16-30(37,4)5)40-25-15-26(34-18-23(25)31)35-27(38)14-20-6-7-24(33-17-20)21-8-11-36(19-32)12-9-21/h6-8,15,17-18,22H,9-14,16H2,1-5H3,(H,34,35,38). The average molecular weight is 581 g/mol. The molecule has 11 heteroatoms. The first kappa shape index (κ1) is 30.1. The van der Waals surface area contributed by atoms with Gasteiger partial charge in [0.1, 0.15) is 28.3 Å². The minimum Gasteiger partial charge on any atom is -0.489 e. The van der Waals surface area contributed by atoms with Gasteiger partial charge in [-0.25, -0.2) is 9.78 Å². The van der Waals surface area contributed by atoms with Crippen LogP contribution >= 0.6 is 11.6 Å². The lowest BCUT2D eigenvalue weighted by molar-refractivity contribution is -0.115. The summed E-state index contributed by atoms with van der Waals surface area (Å²) in [6.45, 7) is 11.3. The van der Waals surface area contributed by atoms with Crippen molar-refractivity contribution in [2.45, 2.75) is 77.5 Å². The molecule has 1 unspecified atom stereocenters. The van der Waals surface area contributed by atoms with Crippen LogP contribution in [0.4, 0.5) is 10.6 Å². The third kappa shape index (κ3) is 8.10. The van der Waals surface area contributed by atoms with Gasteiger partial charge in [0.15, 0.2) is 6.19 Å². The van der Waals surface area contributed by atoms with E-state index < -0.39 is 11.1 Å². The number of hydrogen-bond acceptors (Lipinski definition) is 8. The largest absolute Gasteiger partial charge is 0.489 e. The van der Waals surface area contributed by atoms with Crippen LogP contribution in [0.2, 0.25) is 5.02 Å². The van der Waals surface area contributed by atoms with Crippen LogP contribution in [-0.4, -0.2) is 68.6 Å². The maximum absolute atomic E-state index is 12.8. The van der Waals surface area contributed by atoms with Crippen LogP contribution < -0.4 is 10.1 Å². The molecular weight excluding hydrogens is 544 g/mol. The fraction of sp³-hybridized carbons (Fsp3) is 0.500. The van der Waals surface area contributed by atoms with Crippen LogP contribution in [0.1, 0.15) is 65.1 Å². The van der Waals surface area contributed by atoms with E-state index in [9.17, 15) is 9.59 Å². The van der Waals surface area contributed by atoms with Gasteiger partial charge in [-0.2, -0.15) is 5.26 Å². The second-order valence-corrected chi connectivity index (χ2v) is 12.4. The molecule has 0 aromatic carbocycles. The maximum atomic E-state index is 12.8. The van der Waals surface area contributed by atoms with Crippen molar-refractivity contribution in [1.82, 2.24) is 19.8 Å². The molecule has 218 valence electrons. The molecular formula is C30H37ClN6O4. The molecule has 1 atom stereocenters. The second-order valence-electron chi connectivity index (χ2n) is 12.0. The number of nitrogens with zero attached hydrogens (tertiary/aromatic N) is 5. The number of nitrogens with one attached hydrogen (secondary N) is 1. The third-order valence-electron chi connectivity index (χ3n) is 7.00. The van der Waals surface area contributed by atoms with E-state index in [-0.39, 0.29) is 24.5 Å². The van der Waals surface area contributed by atoms with Crippen molar-refractivity contribution < 1.29 is 19.1 Å². The summed E-state index contributed by atoms with van der Waals surface area (Å²) in [7, 11) is 0. The summed E-state index contributed by atoms with van der Waals surface area (Å²) < 4.78 is 11.8. The van der Waals surface area contributed by atoms with E-state index in [1.54, 1.807) is 22.1 Å². The van der Waals surface area contributed by atoms with Gasteiger partial charge in [0.25, 0.3) is 0 Å². The molecule has 0 aliphatic carbocycles. The lowest BCUT2D eigenvalue weighted by atomic mass is 9.89. The molecule has 2 aliphatic heterocycles. The molecule has 1 saturated heterocycles. The minimum absolute atomic E-state index is 0.131. The number of aromatic nitrogens is 2. The van der Waals surface area contributed by atoms with Crippen molar-refractivity contribution in [2.75, 3.05) is 25.0 Å². The number of amides is 2. The Hall–Kier alpha value is -3.84. The number of hydrogen-bond donors (Lipinski definition) is 1. The van der Waals surface area contributed by atoms with Gasteiger partial charge in [-0.15, -0.1) is 0 Å². The van der Waals surface area contributed by atoms with Crippen molar-refractivity contribution in [2.24, 2.45) is 0 Å². The van der Waals surface area contributed by atoms with Gasteiger partial charge in [0.05, 0.1) is 18.3 Å². The molecule has 0 radical (unpaired) electrons. The third-order valence-corrected chi connectivity index (χ3v) is 7.28. The Labute approximate surface area is 246 Å². The normalized spacial score (nSPS) is 18.7. The molecule has 2 aromatic rings. The van der Waals surface area contributed by atoms with Gasteiger partial charge in [-0.05, 0) is 58.2 Å². The van der Waals surface area contributed by atoms with Gasteiger partial charge in [-0.3, -0.25) is 9.78 Å². The Kier molecular flexibility index (Phi) is 9.08. The van der Waals surface area contributed by atoms with E-state index in [2.05, 4.69) is 21.5 Å². The van der Waals surface area contributed by atoms with E-state index in [0.29, 0.717) is 49.1 Å². The molecule has 0 bridgehead atoms. The number of ether oxygens (including phenoxy) is 2. The molecule has 2 aromatic heterocycles. The zero-order chi connectivity index (χ0) is 29.8. The lowest BCUT2D eigenvalue weighted by Gasteiger charge is -2.45. The number of pyridine rings is 2. The Morgan fingerprint density at radius 3 is 2.61 bits per heavy atom. The maximum Gasteiger partial charge on any atom is 0.410 e. The zero-order valence-electron chi connectivity index (χ0n) is 24.2. The number of carbonyl (C=O) groups excluding carboxylic acids is 2. The molecule has 41 heavy (non-hydrogen) atoms. The second kappa shape index (κ2) is 12.4. The van der Waals surface area contributed by atoms with Gasteiger partial charge in [-0.1, -0.05) is 23.7 Å². The van der Waals surface area contributed by atoms with Crippen molar-refractivity contribution in [3.05, 3.63) is 52.9 Å². The number of halogens is 1. The van der Waals surface area contributed by atoms with Crippen LogP contribution in [-0.2, 0) is 16.0 Å². The van der Waals surface area contributed by atoms with Crippen molar-refractivity contribution in [3.63, 3.8) is 0 Å². The van der Waals surface area contributed by atoms with Crippen molar-refractivity contribution >= 4 is 35.0 Å². The van der Waals surface area contributed by atoms with E-state index in [0.717, 1.165) is 23.3 Å². The predicted molar refractivity (Wildman–Crippen MR) is 156 cm³/mol. The number of likely N-dealkylation sites (tertiary alicyclic amines) is 1. The fourth-order valence-corrected chi connectivity index (χ4v) is 5.09. The van der Waals surface area contributed by atoms with Crippen LogP contribution in [0, 0.1) is 11.5 Å². The van der Waals surface area contributed by atoms with E-state index in [1.807, 2.05) is 52.8 Å². The summed E-state index contributed by atoms with van der Waals surface area (Å²) >= 11 is 6.38. The smallest absolute Gasteiger partial charge is 0.410 e. The molecule has 1 fully saturated rings. The highest BCUT2D eigenvalue weighted by Gasteiger charge is 2.40. The van der Waals surface area contributed by atoms with Crippen LogP contribution in [0.3, 0.4) is 0 Å². The molecule has 4 rings (SSSR count). The first-order valence-electron chi connectivity index (χ1n) is 13.7. The van der Waals surface area contributed by atoms with E-state index in [4.69, 9.17) is 26.3 Å². The predicted octanol–water partition coefficient (Wildman–Crippen LogP) is 5.44. The number of anilines is 1. The Bertz CT molecular complexity index is 1350. The highest BCUT2D eigenvalue weighted by Crippen LogP contribution is 2.34. The molecule has 10 nitrogen and oxygen atoms in total. The highest BCUT2D eigenvalue weighted by atomic mass is 35.5. The van der Waals surface area contributed by atoms with Gasteiger partial charge in [0.2, 0.25) is 5.91 Å². The average Bonchev–Trinajstić information content (AvgIpc) is 2.89. The first-order chi connectivity index (χ1) is 19.3. The summed E-state index contributed by atoms with van der Waals surface area (Å²) in [4.78, 5) is 37.7. The number of rotatable bonds is 6. The fourth-order valence-electron chi connectivity index (χ4n) is 4.94. The topological polar surface area (TPSA) is 121 Å². The van der Waals surface area contributed by atoms with Gasteiger partial charge >= 0.3 is 6.09 Å². The van der Waals surface area contributed by atoms with Gasteiger partial charge in [0, 0.05) is 50.3 Å². The zero-order valence-corrected chi connectivity index (χ0v) is 25.0. The quantitative estimate of drug-likeness (QED) is 0.448. The Balaban J connectivity index is 1.33. The molecule has 1 N–H and O–H groups in total. The monoisotopic (exact) mass is 580 g/mol. The molecule has 0 spiro atoms. The number of carbonyl (C=O) groups is 2. The lowest BCUT2D eigenvalue weighted by Crippen LogP contribution is -2.56. The van der Waals surface area contributed by atoms with Gasteiger partial charge < -0.3 is 24.6 Å². The molecule has 4 heterocycles. The summed E-state index contributed by atoms with van der Waals surface area (Å²) in [5.41, 5.74) is 1.68. The molecule has 2 amide bonds. The highest BCUT2D eigenvalue weighted by molar-refractivity contribution is 6.32. The Morgan fingerprint density at radius 1 is 1.22 bits per heavy atom. The van der Waals surface area contributed by atoms with Crippen LogP contribution in [0.5, 0.6) is 5.75 Å². The Morgan fingerprint density at radius 2 is 2.00 bits per heavy atom. The summed E-state index contributed by atoms with van der Waals surface area (Å²) in [5.74, 6) is 0.512. The van der Waals surface area contributed by atoms with Crippen LogP contribution in [0.15, 0.2) is 36.7 Å².